The van der Waals surface area contributed by atoms with E-state index in [0.29, 0.717) is 13.0 Å². The Morgan fingerprint density at radius 2 is 2.00 bits per heavy atom. The molecule has 2 N–H and O–H groups in total. The fourth-order valence-corrected chi connectivity index (χ4v) is 2.56. The van der Waals surface area contributed by atoms with Gasteiger partial charge in [0.15, 0.2) is 0 Å². The molecule has 0 amide bonds. The van der Waals surface area contributed by atoms with Crippen LogP contribution in [0.5, 0.6) is 5.75 Å². The van der Waals surface area contributed by atoms with Crippen molar-refractivity contribution < 1.29 is 14.6 Å². The number of rotatable bonds is 5. The van der Waals surface area contributed by atoms with Gasteiger partial charge in [-0.15, -0.1) is 0 Å². The highest BCUT2D eigenvalue weighted by molar-refractivity contribution is 5.82. The van der Waals surface area contributed by atoms with Crippen molar-refractivity contribution in [3.05, 3.63) is 59.7 Å². The molecule has 1 aliphatic rings. The zero-order chi connectivity index (χ0) is 14.7. The summed E-state index contributed by atoms with van der Waals surface area (Å²) in [6.45, 7) is 0.582. The molecule has 1 atom stereocenters. The first-order valence-corrected chi connectivity index (χ1v) is 7.02. The lowest BCUT2D eigenvalue weighted by Crippen LogP contribution is -2.26. The molecule has 0 aromatic heterocycles. The molecular weight excluding hydrogens is 266 g/mol. The lowest BCUT2D eigenvalue weighted by molar-refractivity contribution is -0.137. The SMILES string of the molecule is O=C(O)C1Cc2c(cccc2OCCc2ccccc2)N1. The van der Waals surface area contributed by atoms with Gasteiger partial charge in [-0.2, -0.15) is 0 Å². The molecule has 2 aromatic rings. The Bertz CT molecular complexity index is 640. The Morgan fingerprint density at radius 1 is 1.19 bits per heavy atom. The highest BCUT2D eigenvalue weighted by atomic mass is 16.5. The van der Waals surface area contributed by atoms with Gasteiger partial charge in [-0.05, 0) is 17.7 Å². The Kier molecular flexibility index (Phi) is 3.77. The zero-order valence-corrected chi connectivity index (χ0v) is 11.6. The van der Waals surface area contributed by atoms with Gasteiger partial charge in [0.25, 0.3) is 0 Å². The fraction of sp³-hybridized carbons (Fsp3) is 0.235. The first-order valence-electron chi connectivity index (χ1n) is 7.02. The third-order valence-corrected chi connectivity index (χ3v) is 3.66. The molecule has 0 fully saturated rings. The Labute approximate surface area is 123 Å². The van der Waals surface area contributed by atoms with Crippen LogP contribution < -0.4 is 10.1 Å². The van der Waals surface area contributed by atoms with E-state index in [1.54, 1.807) is 0 Å². The van der Waals surface area contributed by atoms with E-state index in [1.807, 2.05) is 36.4 Å². The Balaban J connectivity index is 1.65. The van der Waals surface area contributed by atoms with Gasteiger partial charge in [0.2, 0.25) is 0 Å². The van der Waals surface area contributed by atoms with Crippen molar-refractivity contribution in [3.8, 4) is 5.75 Å². The minimum absolute atomic E-state index is 0.464. The van der Waals surface area contributed by atoms with Crippen LogP contribution in [-0.4, -0.2) is 23.7 Å². The van der Waals surface area contributed by atoms with Gasteiger partial charge >= 0.3 is 5.97 Å². The molecule has 0 aliphatic carbocycles. The second-order valence-electron chi connectivity index (χ2n) is 5.11. The summed E-state index contributed by atoms with van der Waals surface area (Å²) in [5, 5.41) is 12.1. The molecule has 3 rings (SSSR count). The van der Waals surface area contributed by atoms with Crippen LogP contribution in [0, 0.1) is 0 Å². The second-order valence-corrected chi connectivity index (χ2v) is 5.11. The van der Waals surface area contributed by atoms with Gasteiger partial charge in [0.05, 0.1) is 6.61 Å². The molecule has 4 heteroatoms. The summed E-state index contributed by atoms with van der Waals surface area (Å²) in [5.41, 5.74) is 3.05. The molecule has 1 aliphatic heterocycles. The summed E-state index contributed by atoms with van der Waals surface area (Å²) in [6.07, 6.45) is 1.30. The number of aliphatic carboxylic acids is 1. The number of nitrogens with one attached hydrogen (secondary N) is 1. The Hall–Kier alpha value is -2.49. The molecule has 21 heavy (non-hydrogen) atoms. The summed E-state index contributed by atoms with van der Waals surface area (Å²) in [5.74, 6) is -0.0545. The van der Waals surface area contributed by atoms with E-state index in [4.69, 9.17) is 9.84 Å². The normalized spacial score (nSPS) is 16.1. The largest absolute Gasteiger partial charge is 0.493 e. The van der Waals surface area contributed by atoms with Crippen molar-refractivity contribution in [2.45, 2.75) is 18.9 Å². The Morgan fingerprint density at radius 3 is 2.76 bits per heavy atom. The highest BCUT2D eigenvalue weighted by Gasteiger charge is 2.28. The minimum Gasteiger partial charge on any atom is -0.493 e. The lowest BCUT2D eigenvalue weighted by Gasteiger charge is -2.10. The number of anilines is 1. The topological polar surface area (TPSA) is 58.6 Å². The first kappa shape index (κ1) is 13.5. The minimum atomic E-state index is -0.832. The molecule has 108 valence electrons. The maximum absolute atomic E-state index is 11.1. The molecule has 0 radical (unpaired) electrons. The molecule has 0 saturated heterocycles. The summed E-state index contributed by atoms with van der Waals surface area (Å²) < 4.78 is 5.85. The van der Waals surface area contributed by atoms with Gasteiger partial charge in [-0.3, -0.25) is 0 Å². The van der Waals surface area contributed by atoms with Crippen LogP contribution in [0.4, 0.5) is 5.69 Å². The maximum Gasteiger partial charge on any atom is 0.326 e. The van der Waals surface area contributed by atoms with Crippen molar-refractivity contribution in [3.63, 3.8) is 0 Å². The zero-order valence-electron chi connectivity index (χ0n) is 11.6. The average molecular weight is 283 g/mol. The van der Waals surface area contributed by atoms with Crippen molar-refractivity contribution in [2.75, 3.05) is 11.9 Å². The maximum atomic E-state index is 11.1. The van der Waals surface area contributed by atoms with Gasteiger partial charge in [0, 0.05) is 24.1 Å². The standard InChI is InChI=1S/C17H17NO3/c19-17(20)15-11-13-14(18-15)7-4-8-16(13)21-10-9-12-5-2-1-3-6-12/h1-8,15,18H,9-11H2,(H,19,20). The average Bonchev–Trinajstić information content (AvgIpc) is 2.94. The van der Waals surface area contributed by atoms with Gasteiger partial charge in [0.1, 0.15) is 11.8 Å². The quantitative estimate of drug-likeness (QED) is 0.886. The third kappa shape index (κ3) is 2.99. The summed E-state index contributed by atoms with van der Waals surface area (Å²) in [4.78, 5) is 11.1. The number of benzene rings is 2. The molecule has 1 heterocycles. The molecular formula is C17H17NO3. The number of hydrogen-bond donors (Lipinski definition) is 2. The number of carboxylic acids is 1. The van der Waals surface area contributed by atoms with Crippen molar-refractivity contribution in [1.82, 2.24) is 0 Å². The summed E-state index contributed by atoms with van der Waals surface area (Å²) >= 11 is 0. The fourth-order valence-electron chi connectivity index (χ4n) is 2.56. The number of carboxylic acid groups (broad SMARTS) is 1. The molecule has 0 bridgehead atoms. The summed E-state index contributed by atoms with van der Waals surface area (Å²) in [6, 6.07) is 15.3. The van der Waals surface area contributed by atoms with Crippen LogP contribution in [-0.2, 0) is 17.6 Å². The number of carbonyl (C=O) groups is 1. The van der Waals surface area contributed by atoms with E-state index < -0.39 is 12.0 Å². The monoisotopic (exact) mass is 283 g/mol. The number of ether oxygens (including phenoxy) is 1. The number of hydrogen-bond acceptors (Lipinski definition) is 3. The van der Waals surface area contributed by atoms with Gasteiger partial charge in [-0.1, -0.05) is 36.4 Å². The molecule has 2 aromatic carbocycles. The van der Waals surface area contributed by atoms with Crippen LogP contribution in [0.3, 0.4) is 0 Å². The van der Waals surface area contributed by atoms with Crippen LogP contribution in [0.2, 0.25) is 0 Å². The van der Waals surface area contributed by atoms with E-state index in [1.165, 1.54) is 5.56 Å². The third-order valence-electron chi connectivity index (χ3n) is 3.66. The van der Waals surface area contributed by atoms with Crippen molar-refractivity contribution >= 4 is 11.7 Å². The smallest absolute Gasteiger partial charge is 0.326 e. The van der Waals surface area contributed by atoms with Crippen LogP contribution in [0.1, 0.15) is 11.1 Å². The van der Waals surface area contributed by atoms with Crippen LogP contribution in [0.25, 0.3) is 0 Å². The molecule has 1 unspecified atom stereocenters. The van der Waals surface area contributed by atoms with Gasteiger partial charge in [-0.25, -0.2) is 4.79 Å². The molecule has 0 saturated carbocycles. The molecule has 0 spiro atoms. The first-order chi connectivity index (χ1) is 10.2. The van der Waals surface area contributed by atoms with Crippen LogP contribution in [0.15, 0.2) is 48.5 Å². The van der Waals surface area contributed by atoms with E-state index >= 15 is 0 Å². The highest BCUT2D eigenvalue weighted by Crippen LogP contribution is 2.33. The summed E-state index contributed by atoms with van der Waals surface area (Å²) in [7, 11) is 0. The van der Waals surface area contributed by atoms with E-state index in [2.05, 4.69) is 17.4 Å². The van der Waals surface area contributed by atoms with E-state index in [9.17, 15) is 4.79 Å². The van der Waals surface area contributed by atoms with E-state index in [0.717, 1.165) is 23.4 Å². The number of fused-ring (bicyclic) bond motifs is 1. The predicted molar refractivity (Wildman–Crippen MR) is 80.8 cm³/mol. The van der Waals surface area contributed by atoms with Crippen molar-refractivity contribution in [2.24, 2.45) is 0 Å². The second kappa shape index (κ2) is 5.87. The van der Waals surface area contributed by atoms with Gasteiger partial charge < -0.3 is 15.2 Å². The van der Waals surface area contributed by atoms with E-state index in [-0.39, 0.29) is 0 Å². The van der Waals surface area contributed by atoms with Crippen LogP contribution >= 0.6 is 0 Å². The predicted octanol–water partition coefficient (Wildman–Crippen LogP) is 2.73. The van der Waals surface area contributed by atoms with Crippen molar-refractivity contribution in [1.29, 1.82) is 0 Å². The lowest BCUT2D eigenvalue weighted by atomic mass is 10.1. The molecule has 4 nitrogen and oxygen atoms in total.